The Morgan fingerprint density at radius 3 is 3.06 bits per heavy atom. The fourth-order valence-corrected chi connectivity index (χ4v) is 3.13. The highest BCUT2D eigenvalue weighted by molar-refractivity contribution is 8.01. The van der Waals surface area contributed by atoms with Crippen molar-refractivity contribution in [2.24, 2.45) is 5.73 Å². The Kier molecular flexibility index (Phi) is 3.31. The van der Waals surface area contributed by atoms with Crippen molar-refractivity contribution in [2.75, 3.05) is 5.75 Å². The molecule has 0 aliphatic carbocycles. The minimum Gasteiger partial charge on any atom is -0.459 e. The molecule has 4 nitrogen and oxygen atoms in total. The molecule has 2 N–H and O–H groups in total. The van der Waals surface area contributed by atoms with Crippen LogP contribution in [0.2, 0.25) is 0 Å². The van der Waals surface area contributed by atoms with E-state index in [1.165, 1.54) is 11.3 Å². The van der Waals surface area contributed by atoms with Crippen molar-refractivity contribution < 1.29 is 4.42 Å². The number of fused-ring (bicyclic) bond motifs is 1. The van der Waals surface area contributed by atoms with Gasteiger partial charge >= 0.3 is 0 Å². The maximum atomic E-state index is 6.12. The van der Waals surface area contributed by atoms with Crippen LogP contribution < -0.4 is 5.73 Å². The second-order valence-electron chi connectivity index (χ2n) is 3.81. The number of benzene rings is 1. The van der Waals surface area contributed by atoms with E-state index in [4.69, 9.17) is 10.2 Å². The third kappa shape index (κ3) is 2.40. The lowest BCUT2D eigenvalue weighted by Crippen LogP contribution is -2.11. The number of rotatable bonds is 4. The molecule has 0 spiro atoms. The summed E-state index contributed by atoms with van der Waals surface area (Å²) in [4.78, 5) is 0. The average Bonchev–Trinajstić information content (AvgIpc) is 3.04. The van der Waals surface area contributed by atoms with Crippen LogP contribution in [0.1, 0.15) is 11.8 Å². The van der Waals surface area contributed by atoms with Crippen molar-refractivity contribution >= 4 is 34.1 Å². The maximum Gasteiger partial charge on any atom is 0.174 e. The van der Waals surface area contributed by atoms with Gasteiger partial charge in [-0.05, 0) is 12.1 Å². The molecule has 2 aromatic heterocycles. The fraction of sp³-hybridized carbons (Fsp3) is 0.167. The molecule has 0 aliphatic heterocycles. The van der Waals surface area contributed by atoms with Crippen LogP contribution in [-0.2, 0) is 0 Å². The SMILES string of the molecule is NC(CSc1nncs1)c1cc2ccccc2o1. The van der Waals surface area contributed by atoms with E-state index < -0.39 is 0 Å². The second kappa shape index (κ2) is 5.09. The zero-order valence-corrected chi connectivity index (χ0v) is 11.1. The van der Waals surface area contributed by atoms with Crippen LogP contribution >= 0.6 is 23.1 Å². The normalized spacial score (nSPS) is 12.9. The van der Waals surface area contributed by atoms with Gasteiger partial charge in [-0.2, -0.15) is 0 Å². The first-order chi connectivity index (χ1) is 8.83. The number of nitrogens with zero attached hydrogens (tertiary/aromatic N) is 2. The minimum atomic E-state index is -0.133. The Hall–Kier alpha value is -1.37. The lowest BCUT2D eigenvalue weighted by atomic mass is 10.2. The highest BCUT2D eigenvalue weighted by Gasteiger charge is 2.13. The average molecular weight is 277 g/mol. The molecule has 3 rings (SSSR count). The van der Waals surface area contributed by atoms with Gasteiger partial charge in [0.1, 0.15) is 16.9 Å². The molecule has 6 heteroatoms. The Balaban J connectivity index is 1.73. The number of thioether (sulfide) groups is 1. The van der Waals surface area contributed by atoms with E-state index in [0.717, 1.165) is 26.8 Å². The van der Waals surface area contributed by atoms with Crippen LogP contribution in [0.15, 0.2) is 44.6 Å². The summed E-state index contributed by atoms with van der Waals surface area (Å²) in [6, 6.07) is 9.78. The molecule has 92 valence electrons. The summed E-state index contributed by atoms with van der Waals surface area (Å²) in [5.41, 5.74) is 8.71. The largest absolute Gasteiger partial charge is 0.459 e. The predicted molar refractivity (Wildman–Crippen MR) is 73.8 cm³/mol. The smallest absolute Gasteiger partial charge is 0.174 e. The molecule has 1 atom stereocenters. The van der Waals surface area contributed by atoms with E-state index in [1.54, 1.807) is 17.3 Å². The number of nitrogens with two attached hydrogens (primary N) is 1. The first-order valence-corrected chi connectivity index (χ1v) is 7.32. The lowest BCUT2D eigenvalue weighted by Gasteiger charge is -2.05. The molecule has 1 unspecified atom stereocenters. The molecular weight excluding hydrogens is 266 g/mol. The van der Waals surface area contributed by atoms with Gasteiger partial charge in [0, 0.05) is 11.1 Å². The maximum absolute atomic E-state index is 6.12. The summed E-state index contributed by atoms with van der Waals surface area (Å²) < 4.78 is 6.66. The van der Waals surface area contributed by atoms with Crippen LogP contribution in [0.3, 0.4) is 0 Å². The highest BCUT2D eigenvalue weighted by atomic mass is 32.2. The molecule has 18 heavy (non-hydrogen) atoms. The van der Waals surface area contributed by atoms with Crippen LogP contribution in [0.5, 0.6) is 0 Å². The number of hydrogen-bond acceptors (Lipinski definition) is 6. The topological polar surface area (TPSA) is 64.9 Å². The third-order valence-electron chi connectivity index (χ3n) is 2.54. The van der Waals surface area contributed by atoms with Crippen LogP contribution in [-0.4, -0.2) is 16.0 Å². The highest BCUT2D eigenvalue weighted by Crippen LogP contribution is 2.27. The standard InChI is InChI=1S/C12H11N3OS2/c13-9(6-17-12-15-14-7-18-12)11-5-8-3-1-2-4-10(8)16-11/h1-5,7,9H,6,13H2. The number of hydrogen-bond donors (Lipinski definition) is 1. The first kappa shape index (κ1) is 11.7. The van der Waals surface area contributed by atoms with Gasteiger partial charge in [0.25, 0.3) is 0 Å². The Morgan fingerprint density at radius 2 is 2.28 bits per heavy atom. The van der Waals surface area contributed by atoms with Gasteiger partial charge in [-0.1, -0.05) is 41.3 Å². The zero-order valence-electron chi connectivity index (χ0n) is 9.45. The zero-order chi connectivity index (χ0) is 12.4. The monoisotopic (exact) mass is 277 g/mol. The van der Waals surface area contributed by atoms with Gasteiger partial charge in [-0.3, -0.25) is 0 Å². The van der Waals surface area contributed by atoms with Gasteiger partial charge in [0.05, 0.1) is 6.04 Å². The molecule has 0 bridgehead atoms. The summed E-state index contributed by atoms with van der Waals surface area (Å²) in [5, 5.41) is 8.85. The summed E-state index contributed by atoms with van der Waals surface area (Å²) in [5.74, 6) is 1.54. The van der Waals surface area contributed by atoms with E-state index >= 15 is 0 Å². The van der Waals surface area contributed by atoms with Crippen molar-refractivity contribution in [1.82, 2.24) is 10.2 Å². The molecule has 3 aromatic rings. The fourth-order valence-electron chi connectivity index (χ4n) is 1.65. The Labute approximate surface area is 112 Å². The van der Waals surface area contributed by atoms with Crippen molar-refractivity contribution in [2.45, 2.75) is 10.4 Å². The van der Waals surface area contributed by atoms with Crippen LogP contribution in [0.25, 0.3) is 11.0 Å². The number of para-hydroxylation sites is 1. The van der Waals surface area contributed by atoms with Gasteiger partial charge in [0.2, 0.25) is 0 Å². The summed E-state index contributed by atoms with van der Waals surface area (Å²) >= 11 is 3.12. The lowest BCUT2D eigenvalue weighted by molar-refractivity contribution is 0.516. The van der Waals surface area contributed by atoms with E-state index in [1.807, 2.05) is 30.3 Å². The molecule has 2 heterocycles. The molecule has 0 saturated carbocycles. The second-order valence-corrected chi connectivity index (χ2v) is 5.91. The third-order valence-corrected chi connectivity index (χ3v) is 4.52. The van der Waals surface area contributed by atoms with E-state index in [2.05, 4.69) is 10.2 Å². The Bertz CT molecular complexity index is 603. The summed E-state index contributed by atoms with van der Waals surface area (Å²) in [6.07, 6.45) is 0. The predicted octanol–water partition coefficient (Wildman–Crippen LogP) is 3.08. The first-order valence-electron chi connectivity index (χ1n) is 5.46. The van der Waals surface area contributed by atoms with Crippen molar-refractivity contribution in [3.05, 3.63) is 41.6 Å². The molecule has 0 fully saturated rings. The molecule has 0 aliphatic rings. The summed E-state index contributed by atoms with van der Waals surface area (Å²) in [7, 11) is 0. The quantitative estimate of drug-likeness (QED) is 0.742. The van der Waals surface area contributed by atoms with Crippen molar-refractivity contribution in [3.63, 3.8) is 0 Å². The molecule has 0 amide bonds. The van der Waals surface area contributed by atoms with Gasteiger partial charge in [0.15, 0.2) is 4.34 Å². The summed E-state index contributed by atoms with van der Waals surface area (Å²) in [6.45, 7) is 0. The number of aromatic nitrogens is 2. The van der Waals surface area contributed by atoms with Crippen LogP contribution in [0.4, 0.5) is 0 Å². The van der Waals surface area contributed by atoms with E-state index in [0.29, 0.717) is 0 Å². The van der Waals surface area contributed by atoms with E-state index in [9.17, 15) is 0 Å². The molecule has 0 radical (unpaired) electrons. The number of furan rings is 1. The van der Waals surface area contributed by atoms with Crippen molar-refractivity contribution in [3.8, 4) is 0 Å². The van der Waals surface area contributed by atoms with E-state index in [-0.39, 0.29) is 6.04 Å². The molecule has 0 saturated heterocycles. The van der Waals surface area contributed by atoms with Crippen LogP contribution in [0, 0.1) is 0 Å². The Morgan fingerprint density at radius 1 is 1.39 bits per heavy atom. The van der Waals surface area contributed by atoms with Gasteiger partial charge in [-0.15, -0.1) is 10.2 Å². The van der Waals surface area contributed by atoms with Gasteiger partial charge in [-0.25, -0.2) is 0 Å². The molecular formula is C12H11N3OS2. The minimum absolute atomic E-state index is 0.133. The van der Waals surface area contributed by atoms with Crippen molar-refractivity contribution in [1.29, 1.82) is 0 Å². The molecule has 1 aromatic carbocycles. The van der Waals surface area contributed by atoms with Gasteiger partial charge < -0.3 is 10.2 Å².